The zero-order valence-electron chi connectivity index (χ0n) is 11.4. The first kappa shape index (κ1) is 14.4. The molecule has 108 valence electrons. The molecule has 0 aliphatic carbocycles. The minimum atomic E-state index is -0.299. The van der Waals surface area contributed by atoms with Crippen LogP contribution in [0.5, 0.6) is 0 Å². The van der Waals surface area contributed by atoms with Gasteiger partial charge in [-0.3, -0.25) is 4.57 Å². The van der Waals surface area contributed by atoms with Gasteiger partial charge in [0.15, 0.2) is 0 Å². The maximum Gasteiger partial charge on any atom is 0.125 e. The maximum atomic E-state index is 13.4. The van der Waals surface area contributed by atoms with Crippen LogP contribution in [0.15, 0.2) is 36.4 Å². The fourth-order valence-corrected chi connectivity index (χ4v) is 2.78. The summed E-state index contributed by atoms with van der Waals surface area (Å²) in [6, 6.07) is 10.3. The van der Waals surface area contributed by atoms with Gasteiger partial charge in [0.2, 0.25) is 0 Å². The lowest BCUT2D eigenvalue weighted by Crippen LogP contribution is -2.04. The topological polar surface area (TPSA) is 17.8 Å². The van der Waals surface area contributed by atoms with Crippen molar-refractivity contribution in [2.45, 2.75) is 13.3 Å². The first-order chi connectivity index (χ1) is 10.1. The van der Waals surface area contributed by atoms with Gasteiger partial charge in [0.05, 0.1) is 16.7 Å². The van der Waals surface area contributed by atoms with E-state index in [-0.39, 0.29) is 5.82 Å². The fourth-order valence-electron chi connectivity index (χ4n) is 2.45. The highest BCUT2D eigenvalue weighted by molar-refractivity contribution is 6.30. The molecular formula is C16H13Cl2FN2. The molecule has 0 atom stereocenters. The van der Waals surface area contributed by atoms with Gasteiger partial charge in [-0.15, -0.1) is 11.6 Å². The molecule has 0 unspecified atom stereocenters. The summed E-state index contributed by atoms with van der Waals surface area (Å²) < 4.78 is 15.4. The Labute approximate surface area is 132 Å². The SMILES string of the molecule is Cc1ccc(Cl)cc1-n1c(CCCl)nc2cc(F)ccc21. The third kappa shape index (κ3) is 2.63. The average Bonchev–Trinajstić information content (AvgIpc) is 2.79. The first-order valence-corrected chi connectivity index (χ1v) is 7.51. The molecule has 21 heavy (non-hydrogen) atoms. The van der Waals surface area contributed by atoms with Gasteiger partial charge in [-0.05, 0) is 36.8 Å². The Kier molecular flexibility index (Phi) is 3.87. The second-order valence-corrected chi connectivity index (χ2v) is 5.68. The van der Waals surface area contributed by atoms with Crippen LogP contribution in [0.25, 0.3) is 16.7 Å². The summed E-state index contributed by atoms with van der Waals surface area (Å²) in [5.74, 6) is 0.953. The van der Waals surface area contributed by atoms with Crippen molar-refractivity contribution in [2.24, 2.45) is 0 Å². The van der Waals surface area contributed by atoms with Gasteiger partial charge in [-0.1, -0.05) is 17.7 Å². The van der Waals surface area contributed by atoms with Crippen molar-refractivity contribution >= 4 is 34.2 Å². The van der Waals surface area contributed by atoms with E-state index in [4.69, 9.17) is 23.2 Å². The molecular weight excluding hydrogens is 310 g/mol. The Morgan fingerprint density at radius 2 is 2.00 bits per heavy atom. The van der Waals surface area contributed by atoms with Crippen LogP contribution in [0.1, 0.15) is 11.4 Å². The van der Waals surface area contributed by atoms with Gasteiger partial charge in [0.25, 0.3) is 0 Å². The molecule has 5 heteroatoms. The highest BCUT2D eigenvalue weighted by atomic mass is 35.5. The standard InChI is InChI=1S/C16H13Cl2FN2/c1-10-2-3-11(18)8-15(10)21-14-5-4-12(19)9-13(14)20-16(21)6-7-17/h2-5,8-9H,6-7H2,1H3. The molecule has 0 saturated heterocycles. The predicted octanol–water partition coefficient (Wildman–Crippen LogP) is 4.91. The van der Waals surface area contributed by atoms with Crippen molar-refractivity contribution in [3.8, 4) is 5.69 Å². The molecule has 0 radical (unpaired) electrons. The van der Waals surface area contributed by atoms with Crippen LogP contribution in [0.2, 0.25) is 5.02 Å². The monoisotopic (exact) mass is 322 g/mol. The summed E-state index contributed by atoms with van der Waals surface area (Å²) in [6.07, 6.45) is 0.601. The Bertz CT molecular complexity index is 811. The number of benzene rings is 2. The number of hydrogen-bond acceptors (Lipinski definition) is 1. The molecule has 3 aromatic rings. The second kappa shape index (κ2) is 5.66. The summed E-state index contributed by atoms with van der Waals surface area (Å²) in [5, 5.41) is 0.649. The number of hydrogen-bond donors (Lipinski definition) is 0. The van der Waals surface area contributed by atoms with E-state index in [1.807, 2.05) is 29.7 Å². The van der Waals surface area contributed by atoms with E-state index in [1.165, 1.54) is 12.1 Å². The van der Waals surface area contributed by atoms with Crippen LogP contribution in [-0.4, -0.2) is 15.4 Å². The number of imidazole rings is 1. The zero-order chi connectivity index (χ0) is 15.0. The summed E-state index contributed by atoms with van der Waals surface area (Å²) in [6.45, 7) is 2.01. The van der Waals surface area contributed by atoms with Crippen LogP contribution in [0, 0.1) is 12.7 Å². The molecule has 0 bridgehead atoms. The third-order valence-corrected chi connectivity index (χ3v) is 3.84. The lowest BCUT2D eigenvalue weighted by atomic mass is 10.2. The summed E-state index contributed by atoms with van der Waals surface area (Å²) >= 11 is 12.0. The van der Waals surface area contributed by atoms with Crippen LogP contribution >= 0.6 is 23.2 Å². The Balaban J connectivity index is 2.33. The Morgan fingerprint density at radius 1 is 1.19 bits per heavy atom. The molecule has 2 aromatic carbocycles. The van der Waals surface area contributed by atoms with E-state index in [1.54, 1.807) is 6.07 Å². The largest absolute Gasteiger partial charge is 0.296 e. The van der Waals surface area contributed by atoms with Crippen molar-refractivity contribution in [3.63, 3.8) is 0 Å². The van der Waals surface area contributed by atoms with E-state index < -0.39 is 0 Å². The van der Waals surface area contributed by atoms with Crippen LogP contribution < -0.4 is 0 Å². The van der Waals surface area contributed by atoms with E-state index in [2.05, 4.69) is 4.98 Å². The second-order valence-electron chi connectivity index (χ2n) is 4.87. The number of halogens is 3. The summed E-state index contributed by atoms with van der Waals surface area (Å²) in [5.41, 5.74) is 3.48. The molecule has 0 fully saturated rings. The van der Waals surface area contributed by atoms with E-state index in [9.17, 15) is 4.39 Å². The molecule has 0 N–H and O–H groups in total. The normalized spacial score (nSPS) is 11.2. The van der Waals surface area contributed by atoms with E-state index in [0.29, 0.717) is 22.8 Å². The molecule has 0 aliphatic rings. The molecule has 1 heterocycles. The lowest BCUT2D eigenvalue weighted by Gasteiger charge is -2.12. The van der Waals surface area contributed by atoms with Gasteiger partial charge in [0.1, 0.15) is 11.6 Å². The summed E-state index contributed by atoms with van der Waals surface area (Å²) in [4.78, 5) is 4.51. The lowest BCUT2D eigenvalue weighted by molar-refractivity contribution is 0.629. The molecule has 0 saturated carbocycles. The molecule has 0 aliphatic heterocycles. The minimum absolute atomic E-state index is 0.299. The van der Waals surface area contributed by atoms with Crippen molar-refractivity contribution in [1.29, 1.82) is 0 Å². The van der Waals surface area contributed by atoms with Gasteiger partial charge in [-0.25, -0.2) is 9.37 Å². The Hall–Kier alpha value is -1.58. The van der Waals surface area contributed by atoms with Gasteiger partial charge in [-0.2, -0.15) is 0 Å². The number of rotatable bonds is 3. The fraction of sp³-hybridized carbons (Fsp3) is 0.188. The molecule has 1 aromatic heterocycles. The van der Waals surface area contributed by atoms with Gasteiger partial charge in [0, 0.05) is 23.4 Å². The van der Waals surface area contributed by atoms with Crippen molar-refractivity contribution in [3.05, 3.63) is 58.6 Å². The number of aromatic nitrogens is 2. The molecule has 2 nitrogen and oxygen atoms in total. The molecule has 0 spiro atoms. The smallest absolute Gasteiger partial charge is 0.125 e. The van der Waals surface area contributed by atoms with E-state index in [0.717, 1.165) is 22.6 Å². The number of fused-ring (bicyclic) bond motifs is 1. The van der Waals surface area contributed by atoms with Crippen LogP contribution in [0.4, 0.5) is 4.39 Å². The molecule has 3 rings (SSSR count). The first-order valence-electron chi connectivity index (χ1n) is 6.59. The Morgan fingerprint density at radius 3 is 2.76 bits per heavy atom. The van der Waals surface area contributed by atoms with Crippen molar-refractivity contribution in [1.82, 2.24) is 9.55 Å². The summed E-state index contributed by atoms with van der Waals surface area (Å²) in [7, 11) is 0. The number of nitrogens with zero attached hydrogens (tertiary/aromatic N) is 2. The van der Waals surface area contributed by atoms with Gasteiger partial charge < -0.3 is 0 Å². The van der Waals surface area contributed by atoms with Crippen molar-refractivity contribution < 1.29 is 4.39 Å². The quantitative estimate of drug-likeness (QED) is 0.626. The zero-order valence-corrected chi connectivity index (χ0v) is 12.9. The van der Waals surface area contributed by atoms with E-state index >= 15 is 0 Å². The van der Waals surface area contributed by atoms with Crippen LogP contribution in [-0.2, 0) is 6.42 Å². The van der Waals surface area contributed by atoms with Gasteiger partial charge >= 0.3 is 0 Å². The average molecular weight is 323 g/mol. The van der Waals surface area contributed by atoms with Crippen molar-refractivity contribution in [2.75, 3.05) is 5.88 Å². The number of aryl methyl sites for hydroxylation is 2. The predicted molar refractivity (Wildman–Crippen MR) is 85.2 cm³/mol. The highest BCUT2D eigenvalue weighted by Gasteiger charge is 2.14. The van der Waals surface area contributed by atoms with Crippen LogP contribution in [0.3, 0.4) is 0 Å². The minimum Gasteiger partial charge on any atom is -0.296 e. The molecule has 0 amide bonds. The third-order valence-electron chi connectivity index (χ3n) is 3.42. The number of alkyl halides is 1. The maximum absolute atomic E-state index is 13.4. The highest BCUT2D eigenvalue weighted by Crippen LogP contribution is 2.27.